The van der Waals surface area contributed by atoms with Crippen molar-refractivity contribution in [2.45, 2.75) is 25.3 Å². The topological polar surface area (TPSA) is 93.9 Å². The predicted octanol–water partition coefficient (Wildman–Crippen LogP) is 1.18. The summed E-state index contributed by atoms with van der Waals surface area (Å²) in [6.45, 7) is 2.61. The summed E-state index contributed by atoms with van der Waals surface area (Å²) in [4.78, 5) is 24.5. The molecule has 1 atom stereocenters. The molecule has 2 aliphatic heterocycles. The van der Waals surface area contributed by atoms with Crippen LogP contribution < -0.4 is 20.5 Å². The molecule has 0 saturated carbocycles. The quantitative estimate of drug-likeness (QED) is 0.869. The molecule has 1 fully saturated rings. The highest BCUT2D eigenvalue weighted by atomic mass is 16.6. The smallest absolute Gasteiger partial charge is 0.318 e. The molecule has 2 aliphatic rings. The number of urea groups is 1. The van der Waals surface area contributed by atoms with Gasteiger partial charge in [0.15, 0.2) is 11.5 Å². The van der Waals surface area contributed by atoms with Gasteiger partial charge in [0, 0.05) is 24.6 Å². The first kappa shape index (κ1) is 15.6. The van der Waals surface area contributed by atoms with Gasteiger partial charge in [0.25, 0.3) is 0 Å². The number of amides is 3. The second-order valence-electron chi connectivity index (χ2n) is 5.73. The fraction of sp³-hybridized carbons (Fsp3) is 0.500. The third-order valence-corrected chi connectivity index (χ3v) is 4.21. The fourth-order valence-corrected chi connectivity index (χ4v) is 3.25. The highest BCUT2D eigenvalue weighted by Crippen LogP contribution is 2.42. The standard InChI is InChI=1S/C16H21N3O4/c17-16(21)18-14(20)6-8-19-7-2-4-12(19)11-3-1-5-13-15(11)23-10-9-22-13/h1,3,5,12H,2,4,6-10H2,(H3,17,18,20,21)/t12-/m0/s1. The lowest BCUT2D eigenvalue weighted by Gasteiger charge is -2.28. The van der Waals surface area contributed by atoms with Crippen molar-refractivity contribution in [2.24, 2.45) is 5.73 Å². The van der Waals surface area contributed by atoms with E-state index in [1.165, 1.54) is 0 Å². The Morgan fingerprint density at radius 3 is 2.96 bits per heavy atom. The molecular formula is C16H21N3O4. The Labute approximate surface area is 134 Å². The van der Waals surface area contributed by atoms with Crippen LogP contribution in [0.15, 0.2) is 18.2 Å². The number of fused-ring (bicyclic) bond motifs is 1. The van der Waals surface area contributed by atoms with Crippen LogP contribution in [0.5, 0.6) is 11.5 Å². The van der Waals surface area contributed by atoms with Gasteiger partial charge < -0.3 is 15.2 Å². The van der Waals surface area contributed by atoms with Crippen LogP contribution in [0.25, 0.3) is 0 Å². The average Bonchev–Trinajstić information content (AvgIpc) is 3.00. The number of likely N-dealkylation sites (tertiary alicyclic amines) is 1. The van der Waals surface area contributed by atoms with Crippen LogP contribution in [0.4, 0.5) is 4.79 Å². The molecule has 0 aliphatic carbocycles. The summed E-state index contributed by atoms with van der Waals surface area (Å²) in [6, 6.07) is 5.33. The summed E-state index contributed by atoms with van der Waals surface area (Å²) in [7, 11) is 0. The monoisotopic (exact) mass is 319 g/mol. The minimum atomic E-state index is -0.810. The van der Waals surface area contributed by atoms with E-state index in [-0.39, 0.29) is 18.4 Å². The first-order valence-corrected chi connectivity index (χ1v) is 7.87. The number of hydrogen-bond acceptors (Lipinski definition) is 5. The molecule has 0 bridgehead atoms. The van der Waals surface area contributed by atoms with Gasteiger partial charge >= 0.3 is 6.03 Å². The molecule has 0 spiro atoms. The number of rotatable bonds is 4. The van der Waals surface area contributed by atoms with Gasteiger partial charge in [-0.2, -0.15) is 0 Å². The zero-order chi connectivity index (χ0) is 16.2. The summed E-state index contributed by atoms with van der Waals surface area (Å²) in [6.07, 6.45) is 2.32. The highest BCUT2D eigenvalue weighted by Gasteiger charge is 2.30. The maximum absolute atomic E-state index is 11.6. The number of nitrogens with two attached hydrogens (primary N) is 1. The lowest BCUT2D eigenvalue weighted by atomic mass is 10.0. The van der Waals surface area contributed by atoms with E-state index in [2.05, 4.69) is 16.3 Å². The summed E-state index contributed by atoms with van der Waals surface area (Å²) < 4.78 is 11.4. The molecule has 7 heteroatoms. The van der Waals surface area contributed by atoms with Crippen molar-refractivity contribution < 1.29 is 19.1 Å². The number of primary amides is 1. The molecular weight excluding hydrogens is 298 g/mol. The molecule has 3 N–H and O–H groups in total. The van der Waals surface area contributed by atoms with Crippen LogP contribution in [0.2, 0.25) is 0 Å². The Morgan fingerprint density at radius 1 is 1.30 bits per heavy atom. The molecule has 7 nitrogen and oxygen atoms in total. The van der Waals surface area contributed by atoms with Crippen molar-refractivity contribution in [1.82, 2.24) is 10.2 Å². The van der Waals surface area contributed by atoms with E-state index in [1.807, 2.05) is 12.1 Å². The number of ether oxygens (including phenoxy) is 2. The van der Waals surface area contributed by atoms with Gasteiger partial charge in [0.1, 0.15) is 13.2 Å². The van der Waals surface area contributed by atoms with Gasteiger partial charge in [0.05, 0.1) is 0 Å². The molecule has 124 valence electrons. The predicted molar refractivity (Wildman–Crippen MR) is 83.3 cm³/mol. The van der Waals surface area contributed by atoms with Gasteiger partial charge in [-0.1, -0.05) is 12.1 Å². The number of para-hydroxylation sites is 1. The van der Waals surface area contributed by atoms with Crippen molar-refractivity contribution in [1.29, 1.82) is 0 Å². The van der Waals surface area contributed by atoms with Gasteiger partial charge in [-0.15, -0.1) is 0 Å². The molecule has 3 rings (SSSR count). The van der Waals surface area contributed by atoms with Crippen molar-refractivity contribution in [2.75, 3.05) is 26.3 Å². The maximum Gasteiger partial charge on any atom is 0.318 e. The highest BCUT2D eigenvalue weighted by molar-refractivity contribution is 5.93. The molecule has 0 unspecified atom stereocenters. The van der Waals surface area contributed by atoms with E-state index in [4.69, 9.17) is 15.2 Å². The summed E-state index contributed by atoms with van der Waals surface area (Å²) in [5, 5.41) is 2.10. The van der Waals surface area contributed by atoms with E-state index in [0.29, 0.717) is 19.8 Å². The SMILES string of the molecule is NC(=O)NC(=O)CCN1CCC[C@H]1c1cccc2c1OCCO2. The second-order valence-corrected chi connectivity index (χ2v) is 5.73. The van der Waals surface area contributed by atoms with Gasteiger partial charge in [-0.3, -0.25) is 15.0 Å². The molecule has 1 saturated heterocycles. The lowest BCUT2D eigenvalue weighted by Crippen LogP contribution is -2.37. The number of carbonyl (C=O) groups is 2. The number of imide groups is 1. The van der Waals surface area contributed by atoms with E-state index < -0.39 is 6.03 Å². The van der Waals surface area contributed by atoms with E-state index in [9.17, 15) is 9.59 Å². The number of nitrogens with zero attached hydrogens (tertiary/aromatic N) is 1. The zero-order valence-corrected chi connectivity index (χ0v) is 12.9. The number of carbonyl (C=O) groups excluding carboxylic acids is 2. The molecule has 1 aromatic rings. The van der Waals surface area contributed by atoms with Crippen molar-refractivity contribution in [3.05, 3.63) is 23.8 Å². The van der Waals surface area contributed by atoms with Crippen LogP contribution in [0.3, 0.4) is 0 Å². The Kier molecular flexibility index (Phi) is 4.66. The molecule has 0 radical (unpaired) electrons. The molecule has 2 heterocycles. The van der Waals surface area contributed by atoms with E-state index in [1.54, 1.807) is 0 Å². The first-order valence-electron chi connectivity index (χ1n) is 7.87. The van der Waals surface area contributed by atoms with Gasteiger partial charge in [0.2, 0.25) is 5.91 Å². The zero-order valence-electron chi connectivity index (χ0n) is 12.9. The van der Waals surface area contributed by atoms with Crippen LogP contribution in [-0.2, 0) is 4.79 Å². The molecule has 0 aromatic heterocycles. The summed E-state index contributed by atoms with van der Waals surface area (Å²) >= 11 is 0. The van der Waals surface area contributed by atoms with Crippen LogP contribution >= 0.6 is 0 Å². The minimum Gasteiger partial charge on any atom is -0.486 e. The minimum absolute atomic E-state index is 0.202. The molecule has 23 heavy (non-hydrogen) atoms. The molecule has 1 aromatic carbocycles. The van der Waals surface area contributed by atoms with E-state index in [0.717, 1.165) is 36.4 Å². The second kappa shape index (κ2) is 6.87. The van der Waals surface area contributed by atoms with Crippen molar-refractivity contribution in [3.63, 3.8) is 0 Å². The maximum atomic E-state index is 11.6. The Balaban J connectivity index is 1.70. The summed E-state index contributed by atoms with van der Waals surface area (Å²) in [5.74, 6) is 1.25. The van der Waals surface area contributed by atoms with Gasteiger partial charge in [-0.25, -0.2) is 4.79 Å². The van der Waals surface area contributed by atoms with Crippen molar-refractivity contribution in [3.8, 4) is 11.5 Å². The largest absolute Gasteiger partial charge is 0.486 e. The Hall–Kier alpha value is -2.28. The normalized spacial score (nSPS) is 20.3. The number of hydrogen-bond donors (Lipinski definition) is 2. The Morgan fingerprint density at radius 2 is 2.13 bits per heavy atom. The van der Waals surface area contributed by atoms with E-state index >= 15 is 0 Å². The van der Waals surface area contributed by atoms with Crippen LogP contribution in [0.1, 0.15) is 30.9 Å². The van der Waals surface area contributed by atoms with Crippen LogP contribution in [-0.4, -0.2) is 43.1 Å². The van der Waals surface area contributed by atoms with Crippen LogP contribution in [0, 0.1) is 0 Å². The average molecular weight is 319 g/mol. The first-order chi connectivity index (χ1) is 11.1. The van der Waals surface area contributed by atoms with Crippen molar-refractivity contribution >= 4 is 11.9 Å². The third-order valence-electron chi connectivity index (χ3n) is 4.21. The molecule has 3 amide bonds. The lowest BCUT2D eigenvalue weighted by molar-refractivity contribution is -0.120. The Bertz CT molecular complexity index is 605. The third kappa shape index (κ3) is 3.56. The number of nitrogens with one attached hydrogen (secondary N) is 1. The van der Waals surface area contributed by atoms with Gasteiger partial charge in [-0.05, 0) is 25.5 Å². The fourth-order valence-electron chi connectivity index (χ4n) is 3.25. The summed E-state index contributed by atoms with van der Waals surface area (Å²) in [5.41, 5.74) is 6.06. The number of benzene rings is 1.